The van der Waals surface area contributed by atoms with Gasteiger partial charge in [0.15, 0.2) is 0 Å². The lowest BCUT2D eigenvalue weighted by atomic mass is 10.6. The third kappa shape index (κ3) is 4.38. The standard InChI is InChI=1S/C6H6Cl3N3O2S/c7-1-2-15(13,14)12-5-3-4(8)10-6(9)11-5/h3H,1-2H2,(H,10,11,12). The van der Waals surface area contributed by atoms with E-state index in [1.54, 1.807) is 0 Å². The molecule has 1 rings (SSSR count). The molecule has 0 saturated carbocycles. The zero-order valence-corrected chi connectivity index (χ0v) is 10.3. The van der Waals surface area contributed by atoms with Crippen molar-refractivity contribution < 1.29 is 8.42 Å². The lowest BCUT2D eigenvalue weighted by Gasteiger charge is -2.05. The van der Waals surface area contributed by atoms with Crippen molar-refractivity contribution in [3.63, 3.8) is 0 Å². The minimum atomic E-state index is -3.51. The van der Waals surface area contributed by atoms with Gasteiger partial charge in [0.05, 0.1) is 5.75 Å². The minimum Gasteiger partial charge on any atom is -0.267 e. The van der Waals surface area contributed by atoms with Gasteiger partial charge in [0.25, 0.3) is 0 Å². The van der Waals surface area contributed by atoms with Crippen LogP contribution in [0.5, 0.6) is 0 Å². The highest BCUT2D eigenvalue weighted by molar-refractivity contribution is 7.92. The summed E-state index contributed by atoms with van der Waals surface area (Å²) in [5.74, 6) is -0.208. The van der Waals surface area contributed by atoms with Crippen LogP contribution in [-0.4, -0.2) is 30.0 Å². The molecular weight excluding hydrogens is 285 g/mol. The predicted octanol–water partition coefficient (Wildman–Crippen LogP) is 1.76. The molecule has 5 nitrogen and oxygen atoms in total. The van der Waals surface area contributed by atoms with E-state index in [-0.39, 0.29) is 27.9 Å². The van der Waals surface area contributed by atoms with E-state index in [1.165, 1.54) is 6.07 Å². The molecule has 0 saturated heterocycles. The second-order valence-electron chi connectivity index (χ2n) is 2.45. The number of sulfonamides is 1. The Bertz CT molecular complexity index is 431. The molecule has 1 heterocycles. The molecule has 0 atom stereocenters. The maximum Gasteiger partial charge on any atom is 0.235 e. The van der Waals surface area contributed by atoms with Crippen LogP contribution in [-0.2, 0) is 10.0 Å². The van der Waals surface area contributed by atoms with E-state index in [4.69, 9.17) is 34.8 Å². The minimum absolute atomic E-state index is 0.0120. The van der Waals surface area contributed by atoms with E-state index in [2.05, 4.69) is 14.7 Å². The van der Waals surface area contributed by atoms with Crippen molar-refractivity contribution in [3.05, 3.63) is 16.5 Å². The molecule has 0 aliphatic heterocycles. The molecule has 0 bridgehead atoms. The summed E-state index contributed by atoms with van der Waals surface area (Å²) < 4.78 is 24.7. The summed E-state index contributed by atoms with van der Waals surface area (Å²) in [6.45, 7) is 0. The van der Waals surface area contributed by atoms with Crippen LogP contribution in [0.25, 0.3) is 0 Å². The number of anilines is 1. The third-order valence-corrected chi connectivity index (χ3v) is 3.31. The maximum absolute atomic E-state index is 11.3. The lowest BCUT2D eigenvalue weighted by molar-refractivity contribution is 0.602. The fourth-order valence-electron chi connectivity index (χ4n) is 0.754. The van der Waals surface area contributed by atoms with Crippen molar-refractivity contribution >= 4 is 50.6 Å². The normalized spacial score (nSPS) is 11.4. The summed E-state index contributed by atoms with van der Waals surface area (Å²) in [4.78, 5) is 7.21. The Morgan fingerprint density at radius 3 is 2.53 bits per heavy atom. The van der Waals surface area contributed by atoms with Crippen LogP contribution >= 0.6 is 34.8 Å². The number of hydrogen-bond donors (Lipinski definition) is 1. The van der Waals surface area contributed by atoms with E-state index in [9.17, 15) is 8.42 Å². The molecule has 0 aliphatic carbocycles. The molecule has 0 unspecified atom stereocenters. The number of rotatable bonds is 4. The van der Waals surface area contributed by atoms with Crippen LogP contribution in [0.3, 0.4) is 0 Å². The second-order valence-corrected chi connectivity index (χ2v) is 5.40. The first-order chi connectivity index (χ1) is 6.93. The molecule has 0 spiro atoms. The number of alkyl halides is 1. The second kappa shape index (κ2) is 5.16. The largest absolute Gasteiger partial charge is 0.267 e. The summed E-state index contributed by atoms with van der Waals surface area (Å²) in [5.41, 5.74) is 0. The van der Waals surface area contributed by atoms with Crippen molar-refractivity contribution in [2.45, 2.75) is 0 Å². The highest BCUT2D eigenvalue weighted by Gasteiger charge is 2.11. The lowest BCUT2D eigenvalue weighted by Crippen LogP contribution is -2.18. The highest BCUT2D eigenvalue weighted by atomic mass is 35.5. The Kier molecular flexibility index (Phi) is 4.39. The monoisotopic (exact) mass is 289 g/mol. The number of nitrogens with zero attached hydrogens (tertiary/aromatic N) is 2. The molecule has 84 valence electrons. The first kappa shape index (κ1) is 12.8. The smallest absolute Gasteiger partial charge is 0.235 e. The van der Waals surface area contributed by atoms with Crippen molar-refractivity contribution in [2.75, 3.05) is 16.4 Å². The van der Waals surface area contributed by atoms with Gasteiger partial charge in [-0.25, -0.2) is 13.4 Å². The van der Waals surface area contributed by atoms with Gasteiger partial charge in [-0.15, -0.1) is 11.6 Å². The average Bonchev–Trinajstić information content (AvgIpc) is 1.99. The molecule has 1 aromatic heterocycles. The van der Waals surface area contributed by atoms with Gasteiger partial charge < -0.3 is 0 Å². The van der Waals surface area contributed by atoms with E-state index >= 15 is 0 Å². The van der Waals surface area contributed by atoms with Crippen LogP contribution in [0.4, 0.5) is 5.82 Å². The van der Waals surface area contributed by atoms with Gasteiger partial charge in [0.1, 0.15) is 11.0 Å². The summed E-state index contributed by atoms with van der Waals surface area (Å²) in [5, 5.41) is -0.0790. The van der Waals surface area contributed by atoms with E-state index in [0.717, 1.165) is 0 Å². The fraction of sp³-hybridized carbons (Fsp3) is 0.333. The molecule has 1 N–H and O–H groups in total. The van der Waals surface area contributed by atoms with Crippen molar-refractivity contribution in [1.82, 2.24) is 9.97 Å². The predicted molar refractivity (Wildman–Crippen MR) is 60.2 cm³/mol. The third-order valence-electron chi connectivity index (χ3n) is 1.27. The Morgan fingerprint density at radius 2 is 2.00 bits per heavy atom. The summed E-state index contributed by atoms with van der Waals surface area (Å²) in [6.07, 6.45) is 0. The van der Waals surface area contributed by atoms with Crippen LogP contribution in [0.2, 0.25) is 10.4 Å². The van der Waals surface area contributed by atoms with Crippen molar-refractivity contribution in [1.29, 1.82) is 0 Å². The van der Waals surface area contributed by atoms with E-state index in [0.29, 0.717) is 0 Å². The van der Waals surface area contributed by atoms with Gasteiger partial charge in [-0.2, -0.15) is 4.98 Å². The van der Waals surface area contributed by atoms with Gasteiger partial charge in [0.2, 0.25) is 15.3 Å². The molecule has 0 aromatic carbocycles. The maximum atomic E-state index is 11.3. The van der Waals surface area contributed by atoms with Gasteiger partial charge in [-0.1, -0.05) is 11.6 Å². The molecule has 0 fully saturated rings. The van der Waals surface area contributed by atoms with Crippen LogP contribution in [0.1, 0.15) is 0 Å². The highest BCUT2D eigenvalue weighted by Crippen LogP contribution is 2.15. The molecule has 0 aliphatic rings. The Morgan fingerprint density at radius 1 is 1.33 bits per heavy atom. The fourth-order valence-corrected chi connectivity index (χ4v) is 2.50. The summed E-state index contributed by atoms with van der Waals surface area (Å²) in [7, 11) is -3.51. The SMILES string of the molecule is O=S(=O)(CCCl)Nc1cc(Cl)nc(Cl)n1. The molecule has 9 heteroatoms. The first-order valence-corrected chi connectivity index (χ1v) is 6.64. The number of aromatic nitrogens is 2. The van der Waals surface area contributed by atoms with Gasteiger partial charge in [-0.05, 0) is 11.6 Å². The zero-order chi connectivity index (χ0) is 11.5. The molecule has 1 aromatic rings. The van der Waals surface area contributed by atoms with Gasteiger partial charge in [0, 0.05) is 11.9 Å². The molecule has 0 radical (unpaired) electrons. The first-order valence-electron chi connectivity index (χ1n) is 3.69. The van der Waals surface area contributed by atoms with E-state index in [1.807, 2.05) is 0 Å². The van der Waals surface area contributed by atoms with E-state index < -0.39 is 10.0 Å². The summed E-state index contributed by atoms with van der Waals surface area (Å²) in [6, 6.07) is 1.25. The van der Waals surface area contributed by atoms with Crippen molar-refractivity contribution in [3.8, 4) is 0 Å². The van der Waals surface area contributed by atoms with Crippen LogP contribution < -0.4 is 4.72 Å². The number of hydrogen-bond acceptors (Lipinski definition) is 4. The summed E-state index contributed by atoms with van der Waals surface area (Å²) >= 11 is 16.4. The molecular formula is C6H6Cl3N3O2S. The van der Waals surface area contributed by atoms with Crippen LogP contribution in [0, 0.1) is 0 Å². The number of nitrogens with one attached hydrogen (secondary N) is 1. The molecule has 0 amide bonds. The quantitative estimate of drug-likeness (QED) is 0.521. The van der Waals surface area contributed by atoms with Gasteiger partial charge in [-0.3, -0.25) is 4.72 Å². The van der Waals surface area contributed by atoms with Crippen molar-refractivity contribution in [2.24, 2.45) is 0 Å². The van der Waals surface area contributed by atoms with Crippen LogP contribution in [0.15, 0.2) is 6.07 Å². The topological polar surface area (TPSA) is 72.0 Å². The average molecular weight is 291 g/mol. The zero-order valence-electron chi connectivity index (χ0n) is 7.24. The number of halogens is 3. The molecule has 15 heavy (non-hydrogen) atoms. The Hall–Kier alpha value is -0.300. The Balaban J connectivity index is 2.90. The van der Waals surface area contributed by atoms with Gasteiger partial charge >= 0.3 is 0 Å². The Labute approximate surface area is 102 Å².